The number of rotatable bonds is 5. The van der Waals surface area contributed by atoms with Crippen molar-refractivity contribution in [2.24, 2.45) is 5.92 Å². The normalized spacial score (nSPS) is 24.2. The average Bonchev–Trinajstić information content (AvgIpc) is 2.55. The number of esters is 1. The van der Waals surface area contributed by atoms with Gasteiger partial charge in [0.05, 0.1) is 5.92 Å². The van der Waals surface area contributed by atoms with Crippen molar-refractivity contribution >= 4 is 11.8 Å². The SMILES string of the molecule is CC/C=C\CCC1C(=O)C=CC1OC(C)=O. The van der Waals surface area contributed by atoms with E-state index in [9.17, 15) is 9.59 Å². The molecule has 3 nitrogen and oxygen atoms in total. The predicted molar refractivity (Wildman–Crippen MR) is 61.9 cm³/mol. The van der Waals surface area contributed by atoms with Crippen molar-refractivity contribution in [2.75, 3.05) is 0 Å². The van der Waals surface area contributed by atoms with Crippen LogP contribution < -0.4 is 0 Å². The number of hydrogen-bond acceptors (Lipinski definition) is 3. The van der Waals surface area contributed by atoms with Crippen LogP contribution >= 0.6 is 0 Å². The van der Waals surface area contributed by atoms with E-state index in [4.69, 9.17) is 4.74 Å². The molecule has 0 amide bonds. The van der Waals surface area contributed by atoms with Crippen LogP contribution in [-0.2, 0) is 14.3 Å². The van der Waals surface area contributed by atoms with Crippen molar-refractivity contribution < 1.29 is 14.3 Å². The molecule has 0 aliphatic heterocycles. The van der Waals surface area contributed by atoms with Crippen molar-refractivity contribution in [2.45, 2.75) is 39.2 Å². The molecular weight excluding hydrogens is 204 g/mol. The second-order valence-corrected chi connectivity index (χ2v) is 3.90. The van der Waals surface area contributed by atoms with Gasteiger partial charge in [-0.25, -0.2) is 0 Å². The maximum Gasteiger partial charge on any atom is 0.303 e. The molecule has 1 aliphatic rings. The highest BCUT2D eigenvalue weighted by molar-refractivity contribution is 5.95. The molecule has 16 heavy (non-hydrogen) atoms. The van der Waals surface area contributed by atoms with Crippen LogP contribution in [-0.4, -0.2) is 17.9 Å². The minimum absolute atomic E-state index is 0.0659. The first kappa shape index (κ1) is 12.7. The Balaban J connectivity index is 2.45. The van der Waals surface area contributed by atoms with Crippen molar-refractivity contribution in [3.05, 3.63) is 24.3 Å². The average molecular weight is 222 g/mol. The summed E-state index contributed by atoms with van der Waals surface area (Å²) in [6.45, 7) is 3.44. The monoisotopic (exact) mass is 222 g/mol. The quantitative estimate of drug-likeness (QED) is 0.530. The van der Waals surface area contributed by atoms with Crippen LogP contribution in [0.4, 0.5) is 0 Å². The first-order chi connectivity index (χ1) is 7.65. The van der Waals surface area contributed by atoms with Crippen LogP contribution in [0.3, 0.4) is 0 Å². The Morgan fingerprint density at radius 1 is 1.50 bits per heavy atom. The molecule has 0 saturated heterocycles. The van der Waals surface area contributed by atoms with Crippen LogP contribution in [0.1, 0.15) is 33.1 Å². The molecule has 0 aromatic rings. The summed E-state index contributed by atoms with van der Waals surface area (Å²) in [7, 11) is 0. The molecule has 0 aromatic heterocycles. The third-order valence-electron chi connectivity index (χ3n) is 2.56. The molecule has 2 atom stereocenters. The summed E-state index contributed by atoms with van der Waals surface area (Å²) < 4.78 is 5.08. The molecule has 0 heterocycles. The van der Waals surface area contributed by atoms with E-state index in [1.807, 2.05) is 0 Å². The standard InChI is InChI=1S/C13H18O3/c1-3-4-5-6-7-11-12(15)8-9-13(11)16-10(2)14/h4-5,8-9,11,13H,3,6-7H2,1-2H3/b5-4-. The molecule has 0 N–H and O–H groups in total. The van der Waals surface area contributed by atoms with Crippen LogP contribution in [0.5, 0.6) is 0 Å². The van der Waals surface area contributed by atoms with E-state index in [-0.39, 0.29) is 23.8 Å². The largest absolute Gasteiger partial charge is 0.458 e. The van der Waals surface area contributed by atoms with Gasteiger partial charge in [-0.15, -0.1) is 0 Å². The Kier molecular flexibility index (Phi) is 4.96. The van der Waals surface area contributed by atoms with E-state index >= 15 is 0 Å². The van der Waals surface area contributed by atoms with Gasteiger partial charge < -0.3 is 4.74 Å². The lowest BCUT2D eigenvalue weighted by Gasteiger charge is -2.16. The smallest absolute Gasteiger partial charge is 0.303 e. The number of carbonyl (C=O) groups is 2. The van der Waals surface area contributed by atoms with E-state index in [1.54, 1.807) is 6.08 Å². The molecule has 1 aliphatic carbocycles. The zero-order chi connectivity index (χ0) is 12.0. The molecule has 88 valence electrons. The maximum absolute atomic E-state index is 11.5. The number of carbonyl (C=O) groups excluding carboxylic acids is 2. The third-order valence-corrected chi connectivity index (χ3v) is 2.56. The Hall–Kier alpha value is -1.38. The fourth-order valence-corrected chi connectivity index (χ4v) is 1.79. The van der Waals surface area contributed by atoms with Gasteiger partial charge in [0.1, 0.15) is 6.10 Å². The van der Waals surface area contributed by atoms with Crippen LogP contribution in [0.25, 0.3) is 0 Å². The van der Waals surface area contributed by atoms with E-state index in [2.05, 4.69) is 19.1 Å². The van der Waals surface area contributed by atoms with Crippen molar-refractivity contribution in [1.29, 1.82) is 0 Å². The molecule has 0 radical (unpaired) electrons. The topological polar surface area (TPSA) is 43.4 Å². The highest BCUT2D eigenvalue weighted by atomic mass is 16.5. The Morgan fingerprint density at radius 2 is 2.25 bits per heavy atom. The molecule has 0 bridgehead atoms. The number of ketones is 1. The first-order valence-corrected chi connectivity index (χ1v) is 5.69. The van der Waals surface area contributed by atoms with Crippen LogP contribution in [0, 0.1) is 5.92 Å². The number of hydrogen-bond donors (Lipinski definition) is 0. The van der Waals surface area contributed by atoms with Crippen LogP contribution in [0.15, 0.2) is 24.3 Å². The molecule has 0 spiro atoms. The van der Waals surface area contributed by atoms with E-state index in [0.29, 0.717) is 0 Å². The van der Waals surface area contributed by atoms with Gasteiger partial charge in [0.25, 0.3) is 0 Å². The fourth-order valence-electron chi connectivity index (χ4n) is 1.79. The molecule has 0 fully saturated rings. The third kappa shape index (κ3) is 3.65. The minimum Gasteiger partial charge on any atom is -0.458 e. The van der Waals surface area contributed by atoms with E-state index in [1.165, 1.54) is 13.0 Å². The van der Waals surface area contributed by atoms with Crippen molar-refractivity contribution in [3.8, 4) is 0 Å². The summed E-state index contributed by atoms with van der Waals surface area (Å²) in [5.41, 5.74) is 0. The Bertz CT molecular complexity index is 315. The van der Waals surface area contributed by atoms with Gasteiger partial charge >= 0.3 is 5.97 Å². The second-order valence-electron chi connectivity index (χ2n) is 3.90. The Labute approximate surface area is 96.2 Å². The summed E-state index contributed by atoms with van der Waals surface area (Å²) in [5.74, 6) is -0.458. The predicted octanol–water partition coefficient (Wildman–Crippen LogP) is 2.42. The van der Waals surface area contributed by atoms with Gasteiger partial charge in [-0.1, -0.05) is 19.1 Å². The molecule has 1 rings (SSSR count). The van der Waals surface area contributed by atoms with Gasteiger partial charge in [0, 0.05) is 6.92 Å². The first-order valence-electron chi connectivity index (χ1n) is 5.69. The van der Waals surface area contributed by atoms with Gasteiger partial charge in [-0.2, -0.15) is 0 Å². The van der Waals surface area contributed by atoms with Crippen molar-refractivity contribution in [1.82, 2.24) is 0 Å². The molecule has 2 unspecified atom stereocenters. The van der Waals surface area contributed by atoms with Crippen molar-refractivity contribution in [3.63, 3.8) is 0 Å². The Morgan fingerprint density at radius 3 is 2.88 bits per heavy atom. The molecular formula is C13H18O3. The second kappa shape index (κ2) is 6.26. The molecule has 0 aromatic carbocycles. The lowest BCUT2D eigenvalue weighted by molar-refractivity contribution is -0.146. The number of ether oxygens (including phenoxy) is 1. The summed E-state index contributed by atoms with van der Waals surface area (Å²) in [5, 5.41) is 0. The maximum atomic E-state index is 11.5. The minimum atomic E-state index is -0.361. The molecule has 3 heteroatoms. The lowest BCUT2D eigenvalue weighted by atomic mass is 9.97. The zero-order valence-corrected chi connectivity index (χ0v) is 9.81. The van der Waals surface area contributed by atoms with Crippen LogP contribution in [0.2, 0.25) is 0 Å². The fraction of sp³-hybridized carbons (Fsp3) is 0.538. The van der Waals surface area contributed by atoms with E-state index < -0.39 is 0 Å². The zero-order valence-electron chi connectivity index (χ0n) is 9.81. The highest BCUT2D eigenvalue weighted by Gasteiger charge is 2.31. The summed E-state index contributed by atoms with van der Waals surface area (Å²) in [6, 6.07) is 0. The molecule has 0 saturated carbocycles. The van der Waals surface area contributed by atoms with Gasteiger partial charge in [-0.05, 0) is 31.4 Å². The summed E-state index contributed by atoms with van der Waals surface area (Å²) in [6.07, 6.45) is 9.57. The summed E-state index contributed by atoms with van der Waals surface area (Å²) >= 11 is 0. The van der Waals surface area contributed by atoms with Gasteiger partial charge in [-0.3, -0.25) is 9.59 Å². The lowest BCUT2D eigenvalue weighted by Crippen LogP contribution is -2.24. The van der Waals surface area contributed by atoms with Gasteiger partial charge in [0.2, 0.25) is 0 Å². The highest BCUT2D eigenvalue weighted by Crippen LogP contribution is 2.23. The van der Waals surface area contributed by atoms with Gasteiger partial charge in [0.15, 0.2) is 5.78 Å². The number of allylic oxidation sites excluding steroid dienone is 3. The summed E-state index contributed by atoms with van der Waals surface area (Å²) in [4.78, 5) is 22.4. The van der Waals surface area contributed by atoms with E-state index in [0.717, 1.165) is 19.3 Å².